The first-order chi connectivity index (χ1) is 16.3. The van der Waals surface area contributed by atoms with E-state index in [1.54, 1.807) is 29.1 Å². The van der Waals surface area contributed by atoms with Crippen molar-refractivity contribution in [3.05, 3.63) is 103 Å². The van der Waals surface area contributed by atoms with Crippen molar-refractivity contribution in [3.63, 3.8) is 0 Å². The van der Waals surface area contributed by atoms with Gasteiger partial charge < -0.3 is 14.5 Å². The standard InChI is InChI=1S/C22H15Cl3N4O5/c23-17-4-1-13(7-19(17)25)10-28-11-14(9-26-28)27-22(30)20-6-3-16(34-20)12-33-21-8-15(29(31)32)2-5-18(21)24/h1-9,11H,10,12H2,(H,27,30). The maximum atomic E-state index is 12.5. The van der Waals surface area contributed by atoms with E-state index in [0.29, 0.717) is 28.0 Å². The number of furan rings is 1. The third-order valence-electron chi connectivity index (χ3n) is 4.60. The number of anilines is 1. The van der Waals surface area contributed by atoms with Crippen molar-refractivity contribution in [1.82, 2.24) is 9.78 Å². The zero-order chi connectivity index (χ0) is 24.2. The van der Waals surface area contributed by atoms with Gasteiger partial charge in [0.15, 0.2) is 5.76 Å². The maximum Gasteiger partial charge on any atom is 0.291 e. The van der Waals surface area contributed by atoms with Crippen molar-refractivity contribution >= 4 is 52.1 Å². The molecule has 0 aliphatic rings. The van der Waals surface area contributed by atoms with Crippen molar-refractivity contribution in [1.29, 1.82) is 0 Å². The zero-order valence-electron chi connectivity index (χ0n) is 17.2. The number of non-ortho nitro benzene ring substituents is 1. The van der Waals surface area contributed by atoms with E-state index in [1.165, 1.54) is 30.5 Å². The summed E-state index contributed by atoms with van der Waals surface area (Å²) in [6.07, 6.45) is 3.17. The Morgan fingerprint density at radius 1 is 1.09 bits per heavy atom. The third kappa shape index (κ3) is 5.69. The van der Waals surface area contributed by atoms with Gasteiger partial charge in [0.25, 0.3) is 11.6 Å². The molecule has 1 N–H and O–H groups in total. The molecule has 0 fully saturated rings. The van der Waals surface area contributed by atoms with Crippen molar-refractivity contribution in [3.8, 4) is 5.75 Å². The van der Waals surface area contributed by atoms with E-state index < -0.39 is 10.8 Å². The third-order valence-corrected chi connectivity index (χ3v) is 5.65. The predicted molar refractivity (Wildman–Crippen MR) is 127 cm³/mol. The average molecular weight is 522 g/mol. The van der Waals surface area contributed by atoms with E-state index in [0.717, 1.165) is 5.56 Å². The number of nitro benzene ring substituents is 1. The number of rotatable bonds is 8. The van der Waals surface area contributed by atoms with Crippen LogP contribution in [0.1, 0.15) is 21.9 Å². The highest BCUT2D eigenvalue weighted by atomic mass is 35.5. The molecule has 0 saturated heterocycles. The van der Waals surface area contributed by atoms with Gasteiger partial charge in [0, 0.05) is 12.3 Å². The second-order valence-electron chi connectivity index (χ2n) is 7.06. The van der Waals surface area contributed by atoms with Gasteiger partial charge >= 0.3 is 0 Å². The van der Waals surface area contributed by atoms with Crippen LogP contribution in [0.2, 0.25) is 15.1 Å². The Balaban J connectivity index is 1.35. The Morgan fingerprint density at radius 3 is 2.65 bits per heavy atom. The first-order valence-electron chi connectivity index (χ1n) is 9.71. The number of nitro groups is 1. The minimum absolute atomic E-state index is 0.0565. The van der Waals surface area contributed by atoms with E-state index >= 15 is 0 Å². The van der Waals surface area contributed by atoms with Gasteiger partial charge in [-0.25, -0.2) is 0 Å². The molecule has 0 spiro atoms. The van der Waals surface area contributed by atoms with Crippen LogP contribution in [0, 0.1) is 10.1 Å². The van der Waals surface area contributed by atoms with E-state index in [4.69, 9.17) is 44.0 Å². The molecule has 0 unspecified atom stereocenters. The number of halogens is 3. The number of nitrogens with one attached hydrogen (secondary N) is 1. The Labute approximate surface area is 207 Å². The number of amides is 1. The van der Waals surface area contributed by atoms with Crippen LogP contribution in [0.3, 0.4) is 0 Å². The number of benzene rings is 2. The molecule has 12 heteroatoms. The monoisotopic (exact) mass is 520 g/mol. The summed E-state index contributed by atoms with van der Waals surface area (Å²) >= 11 is 18.0. The molecule has 174 valence electrons. The maximum absolute atomic E-state index is 12.5. The van der Waals surface area contributed by atoms with Gasteiger partial charge in [-0.15, -0.1) is 0 Å². The van der Waals surface area contributed by atoms with Gasteiger partial charge in [0.05, 0.1) is 44.5 Å². The normalized spacial score (nSPS) is 10.8. The molecule has 0 radical (unpaired) electrons. The van der Waals surface area contributed by atoms with Crippen LogP contribution in [0.5, 0.6) is 5.75 Å². The Morgan fingerprint density at radius 2 is 1.88 bits per heavy atom. The summed E-state index contributed by atoms with van der Waals surface area (Å²) in [6, 6.07) is 12.2. The number of hydrogen-bond donors (Lipinski definition) is 1. The van der Waals surface area contributed by atoms with Gasteiger partial charge in [0.1, 0.15) is 18.1 Å². The molecule has 2 heterocycles. The Hall–Kier alpha value is -3.53. The van der Waals surface area contributed by atoms with Crippen LogP contribution in [0.25, 0.3) is 0 Å². The van der Waals surface area contributed by atoms with Crippen molar-refractivity contribution < 1.29 is 18.9 Å². The summed E-state index contributed by atoms with van der Waals surface area (Å²) in [5.41, 5.74) is 1.22. The number of carbonyl (C=O) groups excluding carboxylic acids is 1. The molecule has 9 nitrogen and oxygen atoms in total. The second-order valence-corrected chi connectivity index (χ2v) is 8.28. The smallest absolute Gasteiger partial charge is 0.291 e. The zero-order valence-corrected chi connectivity index (χ0v) is 19.5. The fraction of sp³-hybridized carbons (Fsp3) is 0.0909. The van der Waals surface area contributed by atoms with Crippen molar-refractivity contribution in [2.75, 3.05) is 5.32 Å². The lowest BCUT2D eigenvalue weighted by Gasteiger charge is -2.06. The van der Waals surface area contributed by atoms with Gasteiger partial charge in [0.2, 0.25) is 0 Å². The first-order valence-corrected chi connectivity index (χ1v) is 10.8. The van der Waals surface area contributed by atoms with E-state index in [2.05, 4.69) is 10.4 Å². The second kappa shape index (κ2) is 10.2. The van der Waals surface area contributed by atoms with Crippen molar-refractivity contribution in [2.45, 2.75) is 13.2 Å². The lowest BCUT2D eigenvalue weighted by Crippen LogP contribution is -2.10. The Bertz CT molecular complexity index is 1370. The largest absolute Gasteiger partial charge is 0.484 e. The van der Waals surface area contributed by atoms with E-state index in [1.807, 2.05) is 6.07 Å². The fourth-order valence-corrected chi connectivity index (χ4v) is 3.47. The van der Waals surface area contributed by atoms with Gasteiger partial charge in [-0.05, 0) is 35.9 Å². The quantitative estimate of drug-likeness (QED) is 0.217. The number of nitrogens with zero attached hydrogens (tertiary/aromatic N) is 3. The van der Waals surface area contributed by atoms with Crippen LogP contribution in [-0.2, 0) is 13.2 Å². The predicted octanol–water partition coefficient (Wildman–Crippen LogP) is 6.22. The summed E-state index contributed by atoms with van der Waals surface area (Å²) in [6.45, 7) is 0.366. The van der Waals surface area contributed by atoms with Crippen molar-refractivity contribution in [2.24, 2.45) is 0 Å². The average Bonchev–Trinajstić information content (AvgIpc) is 3.45. The highest BCUT2D eigenvalue weighted by molar-refractivity contribution is 6.42. The molecule has 0 aliphatic heterocycles. The fourth-order valence-electron chi connectivity index (χ4n) is 2.97. The molecule has 2 aromatic carbocycles. The molecule has 4 aromatic rings. The molecular formula is C22H15Cl3N4O5. The summed E-state index contributed by atoms with van der Waals surface area (Å²) in [4.78, 5) is 22.9. The minimum atomic E-state index is -0.550. The van der Waals surface area contributed by atoms with Crippen LogP contribution in [0.15, 0.2) is 65.3 Å². The lowest BCUT2D eigenvalue weighted by atomic mass is 10.2. The summed E-state index contributed by atoms with van der Waals surface area (Å²) < 4.78 is 12.7. The first kappa shape index (κ1) is 23.6. The number of aromatic nitrogens is 2. The molecule has 0 saturated carbocycles. The number of ether oxygens (including phenoxy) is 1. The molecule has 1 amide bonds. The number of carbonyl (C=O) groups is 1. The molecule has 0 atom stereocenters. The van der Waals surface area contributed by atoms with Crippen LogP contribution in [-0.4, -0.2) is 20.6 Å². The topological polar surface area (TPSA) is 112 Å². The molecule has 34 heavy (non-hydrogen) atoms. The molecule has 4 rings (SSSR count). The summed E-state index contributed by atoms with van der Waals surface area (Å²) in [5.74, 6) is 0.0467. The van der Waals surface area contributed by atoms with Gasteiger partial charge in [-0.2, -0.15) is 5.10 Å². The number of hydrogen-bond acceptors (Lipinski definition) is 6. The SMILES string of the molecule is O=C(Nc1cnn(Cc2ccc(Cl)c(Cl)c2)c1)c1ccc(COc2cc([N+](=O)[O-])ccc2Cl)o1. The van der Waals surface area contributed by atoms with Crippen LogP contribution >= 0.6 is 34.8 Å². The summed E-state index contributed by atoms with van der Waals surface area (Å²) in [7, 11) is 0. The lowest BCUT2D eigenvalue weighted by molar-refractivity contribution is -0.384. The molecular weight excluding hydrogens is 507 g/mol. The van der Waals surface area contributed by atoms with E-state index in [9.17, 15) is 14.9 Å². The van der Waals surface area contributed by atoms with Gasteiger partial charge in [-0.3, -0.25) is 19.6 Å². The van der Waals surface area contributed by atoms with Crippen LogP contribution in [0.4, 0.5) is 11.4 Å². The highest BCUT2D eigenvalue weighted by Gasteiger charge is 2.15. The summed E-state index contributed by atoms with van der Waals surface area (Å²) in [5, 5.41) is 19.0. The molecule has 0 aliphatic carbocycles. The molecule has 0 bridgehead atoms. The highest BCUT2D eigenvalue weighted by Crippen LogP contribution is 2.29. The van der Waals surface area contributed by atoms with E-state index in [-0.39, 0.29) is 28.8 Å². The van der Waals surface area contributed by atoms with Crippen LogP contribution < -0.4 is 10.1 Å². The Kier molecular flexibility index (Phi) is 7.06. The van der Waals surface area contributed by atoms with Gasteiger partial charge in [-0.1, -0.05) is 40.9 Å². The molecule has 2 aromatic heterocycles. The minimum Gasteiger partial charge on any atom is -0.484 e.